The second-order valence-electron chi connectivity index (χ2n) is 10.5. The van der Waals surface area contributed by atoms with Crippen LogP contribution in [-0.2, 0) is 22.7 Å². The molecule has 8 heteroatoms. The van der Waals surface area contributed by atoms with Gasteiger partial charge in [-0.2, -0.15) is 0 Å². The molecule has 5 aromatic rings. The van der Waals surface area contributed by atoms with Gasteiger partial charge in [0.25, 0.3) is 0 Å². The number of aliphatic hydroxyl groups is 1. The lowest BCUT2D eigenvalue weighted by Gasteiger charge is -2.17. The van der Waals surface area contributed by atoms with Crippen molar-refractivity contribution in [2.45, 2.75) is 52.1 Å². The smallest absolute Gasteiger partial charge is 0.306 e. The third-order valence-corrected chi connectivity index (χ3v) is 7.04. The maximum atomic E-state index is 13.6. The maximum absolute atomic E-state index is 13.6. The van der Waals surface area contributed by atoms with E-state index in [1.54, 1.807) is 24.3 Å². The molecule has 1 atom stereocenters. The van der Waals surface area contributed by atoms with Crippen LogP contribution in [0.2, 0.25) is 0 Å². The highest BCUT2D eigenvalue weighted by atomic mass is 16.6. The Balaban J connectivity index is 1.30. The summed E-state index contributed by atoms with van der Waals surface area (Å²) in [7, 11) is 0. The van der Waals surface area contributed by atoms with E-state index in [0.29, 0.717) is 29.4 Å². The molecule has 0 aliphatic rings. The van der Waals surface area contributed by atoms with E-state index < -0.39 is 11.7 Å². The van der Waals surface area contributed by atoms with E-state index in [-0.39, 0.29) is 55.0 Å². The zero-order valence-corrected chi connectivity index (χ0v) is 24.4. The van der Waals surface area contributed by atoms with Crippen molar-refractivity contribution < 1.29 is 33.6 Å². The maximum Gasteiger partial charge on any atom is 0.306 e. The molecule has 4 aromatic carbocycles. The number of aromatic hydroxyl groups is 1. The fourth-order valence-electron chi connectivity index (χ4n) is 4.69. The summed E-state index contributed by atoms with van der Waals surface area (Å²) in [6, 6.07) is 28.8. The summed E-state index contributed by atoms with van der Waals surface area (Å²) < 4.78 is 23.2. The summed E-state index contributed by atoms with van der Waals surface area (Å²) >= 11 is 0. The Kier molecular flexibility index (Phi) is 9.94. The Morgan fingerprint density at radius 1 is 0.864 bits per heavy atom. The number of aliphatic hydroxyl groups excluding tert-OH is 1. The Labute approximate surface area is 255 Å². The molecule has 44 heavy (non-hydrogen) atoms. The first-order valence-corrected chi connectivity index (χ1v) is 14.5. The number of hydrogen-bond acceptors (Lipinski definition) is 8. The number of carbonyl (C=O) groups is 1. The highest BCUT2D eigenvalue weighted by Gasteiger charge is 2.22. The second kappa shape index (κ2) is 14.4. The van der Waals surface area contributed by atoms with Crippen LogP contribution < -0.4 is 14.9 Å². The monoisotopic (exact) mass is 594 g/mol. The zero-order chi connectivity index (χ0) is 30.9. The van der Waals surface area contributed by atoms with Crippen molar-refractivity contribution in [2.24, 2.45) is 0 Å². The number of benzene rings is 4. The fourth-order valence-corrected chi connectivity index (χ4v) is 4.69. The third-order valence-electron chi connectivity index (χ3n) is 7.04. The number of phenolic OH excluding ortho intramolecular Hbond substituents is 1. The molecule has 1 aromatic heterocycles. The number of hydrogen-bond donors (Lipinski definition) is 2. The number of aryl methyl sites for hydroxylation is 1. The molecule has 0 radical (unpaired) electrons. The molecule has 226 valence electrons. The van der Waals surface area contributed by atoms with Crippen molar-refractivity contribution in [3.8, 4) is 28.6 Å². The average molecular weight is 595 g/mol. The van der Waals surface area contributed by atoms with Gasteiger partial charge in [-0.1, -0.05) is 72.3 Å². The third kappa shape index (κ3) is 7.85. The summed E-state index contributed by atoms with van der Waals surface area (Å²) in [6.45, 7) is 2.30. The van der Waals surface area contributed by atoms with Crippen molar-refractivity contribution in [1.82, 2.24) is 0 Å². The molecular weight excluding hydrogens is 560 g/mol. The fraction of sp³-hybridized carbons (Fsp3) is 0.222. The number of unbranched alkanes of at least 4 members (excludes halogenated alkanes) is 1. The quantitative estimate of drug-likeness (QED) is 0.0846. The molecule has 0 spiro atoms. The normalized spacial score (nSPS) is 11.7. The Morgan fingerprint density at radius 3 is 2.30 bits per heavy atom. The molecule has 0 amide bonds. The van der Waals surface area contributed by atoms with Crippen molar-refractivity contribution in [3.63, 3.8) is 0 Å². The van der Waals surface area contributed by atoms with Crippen molar-refractivity contribution in [1.29, 1.82) is 0 Å². The van der Waals surface area contributed by atoms with Crippen molar-refractivity contribution in [2.75, 3.05) is 0 Å². The lowest BCUT2D eigenvalue weighted by Crippen LogP contribution is -2.21. The molecule has 0 bridgehead atoms. The van der Waals surface area contributed by atoms with Gasteiger partial charge in [-0.15, -0.1) is 0 Å². The van der Waals surface area contributed by atoms with E-state index in [2.05, 4.69) is 0 Å². The number of carbonyl (C=O) groups excluding carboxylic acids is 1. The first kappa shape index (κ1) is 30.4. The molecular formula is C36H34O8. The van der Waals surface area contributed by atoms with Gasteiger partial charge in [0.05, 0.1) is 5.39 Å². The standard InChI is InChI=1S/C36H34O8/c1-24-16-19-30-28(20-24)34(40)36(44-33(39)15-9-8-14-32(38)42-23-26-12-6-3-7-13-26)35(43-30)27-17-18-29(37)31(21-27)41-22-25-10-4-2-5-11-25/h2-7,10-13,16-21,33,37,39H,8-9,14-15,22-23H2,1H3. The summed E-state index contributed by atoms with van der Waals surface area (Å²) in [6.07, 6.45) is -0.0118. The van der Waals surface area contributed by atoms with Gasteiger partial charge in [0.2, 0.25) is 11.2 Å². The predicted octanol–water partition coefficient (Wildman–Crippen LogP) is 7.05. The average Bonchev–Trinajstić information content (AvgIpc) is 3.04. The van der Waals surface area contributed by atoms with Crippen LogP contribution in [0.1, 0.15) is 42.4 Å². The van der Waals surface area contributed by atoms with Crippen LogP contribution in [0.15, 0.2) is 106 Å². The minimum absolute atomic E-state index is 0.0757. The molecule has 1 heterocycles. The summed E-state index contributed by atoms with van der Waals surface area (Å²) in [5.41, 5.74) is 3.03. The highest BCUT2D eigenvalue weighted by Crippen LogP contribution is 2.37. The molecule has 2 N–H and O–H groups in total. The minimum atomic E-state index is -1.33. The summed E-state index contributed by atoms with van der Waals surface area (Å²) in [4.78, 5) is 25.8. The van der Waals surface area contributed by atoms with E-state index in [9.17, 15) is 19.8 Å². The van der Waals surface area contributed by atoms with E-state index in [1.807, 2.05) is 73.7 Å². The number of ether oxygens (including phenoxy) is 3. The second-order valence-corrected chi connectivity index (χ2v) is 10.5. The number of rotatable bonds is 13. The van der Waals surface area contributed by atoms with Gasteiger partial charge in [-0.05, 0) is 61.2 Å². The van der Waals surface area contributed by atoms with Crippen LogP contribution in [0.25, 0.3) is 22.3 Å². The van der Waals surface area contributed by atoms with Gasteiger partial charge in [0.1, 0.15) is 18.8 Å². The molecule has 0 aliphatic heterocycles. The zero-order valence-electron chi connectivity index (χ0n) is 24.4. The lowest BCUT2D eigenvalue weighted by molar-refractivity contribution is -0.145. The number of phenols is 1. The highest BCUT2D eigenvalue weighted by molar-refractivity contribution is 5.83. The van der Waals surface area contributed by atoms with Gasteiger partial charge in [0.15, 0.2) is 23.5 Å². The molecule has 8 nitrogen and oxygen atoms in total. The van der Waals surface area contributed by atoms with Crippen molar-refractivity contribution in [3.05, 3.63) is 124 Å². The van der Waals surface area contributed by atoms with Gasteiger partial charge in [0, 0.05) is 18.4 Å². The first-order valence-electron chi connectivity index (χ1n) is 14.5. The molecule has 0 saturated heterocycles. The largest absolute Gasteiger partial charge is 0.504 e. The molecule has 5 rings (SSSR count). The van der Waals surface area contributed by atoms with Gasteiger partial charge < -0.3 is 28.8 Å². The lowest BCUT2D eigenvalue weighted by atomic mass is 10.1. The number of esters is 1. The van der Waals surface area contributed by atoms with E-state index in [1.165, 1.54) is 6.07 Å². The van der Waals surface area contributed by atoms with Crippen LogP contribution in [0.5, 0.6) is 17.2 Å². The van der Waals surface area contributed by atoms with Crippen LogP contribution >= 0.6 is 0 Å². The Morgan fingerprint density at radius 2 is 1.57 bits per heavy atom. The van der Waals surface area contributed by atoms with Crippen LogP contribution in [-0.4, -0.2) is 22.5 Å². The van der Waals surface area contributed by atoms with Gasteiger partial charge in [-0.3, -0.25) is 9.59 Å². The topological polar surface area (TPSA) is 115 Å². The predicted molar refractivity (Wildman–Crippen MR) is 166 cm³/mol. The summed E-state index contributed by atoms with van der Waals surface area (Å²) in [5, 5.41) is 21.5. The molecule has 0 aliphatic carbocycles. The minimum Gasteiger partial charge on any atom is -0.504 e. The van der Waals surface area contributed by atoms with E-state index in [0.717, 1.165) is 16.7 Å². The Hall–Kier alpha value is -5.08. The molecule has 0 fully saturated rings. The van der Waals surface area contributed by atoms with Crippen LogP contribution in [0.3, 0.4) is 0 Å². The first-order chi connectivity index (χ1) is 21.4. The van der Waals surface area contributed by atoms with Gasteiger partial charge >= 0.3 is 5.97 Å². The Bertz CT molecular complexity index is 1760. The number of fused-ring (bicyclic) bond motifs is 1. The van der Waals surface area contributed by atoms with Crippen LogP contribution in [0.4, 0.5) is 0 Å². The van der Waals surface area contributed by atoms with E-state index >= 15 is 0 Å². The SMILES string of the molecule is Cc1ccc2oc(-c3ccc(O)c(OCc4ccccc4)c3)c(OC(O)CCCCC(=O)OCc3ccccc3)c(=O)c2c1. The summed E-state index contributed by atoms with van der Waals surface area (Å²) in [5.74, 6) is -0.261. The molecule has 0 saturated carbocycles. The molecule has 1 unspecified atom stereocenters. The van der Waals surface area contributed by atoms with Crippen LogP contribution in [0, 0.1) is 6.92 Å². The van der Waals surface area contributed by atoms with Crippen molar-refractivity contribution >= 4 is 16.9 Å². The van der Waals surface area contributed by atoms with Gasteiger partial charge in [-0.25, -0.2) is 0 Å². The van der Waals surface area contributed by atoms with E-state index in [4.69, 9.17) is 18.6 Å².